The van der Waals surface area contributed by atoms with Crippen LogP contribution in [0.3, 0.4) is 0 Å². The van der Waals surface area contributed by atoms with E-state index < -0.39 is 14.9 Å². The third kappa shape index (κ3) is 1.80. The highest BCUT2D eigenvalue weighted by Crippen LogP contribution is 2.46. The lowest BCUT2D eigenvalue weighted by atomic mass is 10.6. The Morgan fingerprint density at radius 3 is 3.11 bits per heavy atom. The van der Waals surface area contributed by atoms with Crippen LogP contribution in [0.2, 0.25) is 0 Å². The smallest absolute Gasteiger partial charge is 0.304 e. The molecule has 0 amide bonds. The molecule has 0 aromatic carbocycles. The number of carbonyl (C=O) groups excluding carboxylic acids is 1. The molecule has 6 heteroatoms. The summed E-state index contributed by atoms with van der Waals surface area (Å²) in [5.41, 5.74) is 0. The van der Waals surface area contributed by atoms with Crippen molar-refractivity contribution in [3.8, 4) is 0 Å². The van der Waals surface area contributed by atoms with E-state index in [2.05, 4.69) is 14.0 Å². The van der Waals surface area contributed by atoms with E-state index in [4.69, 9.17) is 0 Å². The van der Waals surface area contributed by atoms with Gasteiger partial charge in [0.15, 0.2) is 6.23 Å². The summed E-state index contributed by atoms with van der Waals surface area (Å²) in [4.78, 5) is 12.6. The highest BCUT2D eigenvalue weighted by atomic mass is 31.2. The molecule has 1 fully saturated rings. The fraction of sp³-hybridized carbons (Fsp3) is 0.667. The average molecular weight is 151 g/mol. The monoisotopic (exact) mass is 151 g/mol. The zero-order valence-electron chi connectivity index (χ0n) is 4.28. The minimum absolute atomic E-state index is 0.0114. The molecule has 0 radical (unpaired) electrons. The van der Waals surface area contributed by atoms with Crippen LogP contribution in [0.4, 0.5) is 4.20 Å². The summed E-state index contributed by atoms with van der Waals surface area (Å²) < 4.78 is 20.6. The number of isocyanates is 1. The van der Waals surface area contributed by atoms with Crippen molar-refractivity contribution >= 4 is 14.8 Å². The number of aliphatic imine (C=N–C) groups is 1. The van der Waals surface area contributed by atoms with E-state index in [0.29, 0.717) is 0 Å². The Hall–Kier alpha value is -0.340. The first-order valence-corrected chi connectivity index (χ1v) is 3.22. The zero-order valence-corrected chi connectivity index (χ0v) is 5.18. The van der Waals surface area contributed by atoms with E-state index in [1.165, 1.54) is 6.08 Å². The first-order chi connectivity index (χ1) is 4.33. The molecule has 0 aliphatic carbocycles. The minimum Gasteiger partial charge on any atom is -0.304 e. The van der Waals surface area contributed by atoms with Crippen LogP contribution in [0.5, 0.6) is 0 Å². The van der Waals surface area contributed by atoms with Crippen molar-refractivity contribution in [3.05, 3.63) is 0 Å². The van der Waals surface area contributed by atoms with Crippen LogP contribution in [0, 0.1) is 0 Å². The van der Waals surface area contributed by atoms with E-state index >= 15 is 0 Å². The second kappa shape index (κ2) is 2.99. The quantitative estimate of drug-likeness (QED) is 0.317. The Balaban J connectivity index is 2.38. The summed E-state index contributed by atoms with van der Waals surface area (Å²) in [7, 11) is -2.29. The molecule has 1 aliphatic rings. The predicted molar refractivity (Wildman–Crippen MR) is 27.0 cm³/mol. The van der Waals surface area contributed by atoms with Gasteiger partial charge in [0.1, 0.15) is 6.61 Å². The predicted octanol–water partition coefficient (Wildman–Crippen LogP) is 0.891. The molecule has 1 aliphatic heterocycles. The number of hydrogen-bond acceptors (Lipinski definition) is 4. The molecule has 1 saturated heterocycles. The molecule has 50 valence electrons. The standard InChI is InChI=1S/C3H3FNO3P/c4-9-7-1-3(8-9)5-2-6/h3H,1H2. The molecule has 2 atom stereocenters. The molecule has 1 heterocycles. The maximum Gasteiger partial charge on any atom is 0.377 e. The Labute approximate surface area is 51.7 Å². The number of nitrogens with zero attached hydrogens (tertiary/aromatic N) is 1. The summed E-state index contributed by atoms with van der Waals surface area (Å²) in [6.07, 6.45) is 0.465. The van der Waals surface area contributed by atoms with Gasteiger partial charge in [-0.05, 0) is 0 Å². The van der Waals surface area contributed by atoms with Gasteiger partial charge in [0.05, 0.1) is 0 Å². The molecule has 0 N–H and O–H groups in total. The molecule has 0 aromatic rings. The molecule has 0 bridgehead atoms. The van der Waals surface area contributed by atoms with Crippen LogP contribution >= 0.6 is 8.69 Å². The molecular weight excluding hydrogens is 148 g/mol. The Morgan fingerprint density at radius 2 is 2.67 bits per heavy atom. The highest BCUT2D eigenvalue weighted by Gasteiger charge is 2.26. The topological polar surface area (TPSA) is 47.9 Å². The van der Waals surface area contributed by atoms with Gasteiger partial charge >= 0.3 is 8.69 Å². The lowest BCUT2D eigenvalue weighted by Gasteiger charge is -1.92. The van der Waals surface area contributed by atoms with Crippen LogP contribution < -0.4 is 0 Å². The van der Waals surface area contributed by atoms with Crippen LogP contribution in [-0.2, 0) is 13.8 Å². The first kappa shape index (κ1) is 6.78. The third-order valence-electron chi connectivity index (χ3n) is 0.720. The zero-order chi connectivity index (χ0) is 6.69. The summed E-state index contributed by atoms with van der Waals surface area (Å²) in [5.74, 6) is 0. The fourth-order valence-electron chi connectivity index (χ4n) is 0.399. The van der Waals surface area contributed by atoms with Gasteiger partial charge in [-0.15, -0.1) is 0 Å². The van der Waals surface area contributed by atoms with Crippen LogP contribution in [-0.4, -0.2) is 18.9 Å². The van der Waals surface area contributed by atoms with Crippen molar-refractivity contribution in [2.75, 3.05) is 6.61 Å². The Bertz CT molecular complexity index is 148. The second-order valence-corrected chi connectivity index (χ2v) is 2.18. The van der Waals surface area contributed by atoms with Crippen LogP contribution in [0.1, 0.15) is 0 Å². The molecule has 1 rings (SSSR count). The maximum atomic E-state index is 11.9. The van der Waals surface area contributed by atoms with Crippen LogP contribution in [0.25, 0.3) is 0 Å². The van der Waals surface area contributed by atoms with Gasteiger partial charge in [-0.3, -0.25) is 4.52 Å². The van der Waals surface area contributed by atoms with Gasteiger partial charge in [-0.1, -0.05) is 0 Å². The van der Waals surface area contributed by atoms with E-state index in [-0.39, 0.29) is 6.61 Å². The third-order valence-corrected chi connectivity index (χ3v) is 1.48. The highest BCUT2D eigenvalue weighted by molar-refractivity contribution is 7.41. The van der Waals surface area contributed by atoms with Gasteiger partial charge in [-0.25, -0.2) is 4.79 Å². The number of halogens is 1. The van der Waals surface area contributed by atoms with Gasteiger partial charge in [-0.2, -0.15) is 9.19 Å². The Kier molecular flexibility index (Phi) is 2.25. The minimum atomic E-state index is -2.29. The number of hydrogen-bond donors (Lipinski definition) is 0. The van der Waals surface area contributed by atoms with Crippen molar-refractivity contribution in [2.45, 2.75) is 6.23 Å². The maximum absolute atomic E-state index is 11.9. The summed E-state index contributed by atoms with van der Waals surface area (Å²) >= 11 is 0. The summed E-state index contributed by atoms with van der Waals surface area (Å²) in [6.45, 7) is 0.0114. The lowest BCUT2D eigenvalue weighted by Crippen LogP contribution is -2.02. The van der Waals surface area contributed by atoms with Crippen LogP contribution in [0.15, 0.2) is 4.99 Å². The van der Waals surface area contributed by atoms with E-state index in [1.54, 1.807) is 0 Å². The van der Waals surface area contributed by atoms with E-state index in [9.17, 15) is 8.99 Å². The number of rotatable bonds is 1. The summed E-state index contributed by atoms with van der Waals surface area (Å²) in [6, 6.07) is 0. The molecule has 4 nitrogen and oxygen atoms in total. The molecule has 2 unspecified atom stereocenters. The van der Waals surface area contributed by atoms with Crippen molar-refractivity contribution in [3.63, 3.8) is 0 Å². The Morgan fingerprint density at radius 1 is 1.89 bits per heavy atom. The second-order valence-electron chi connectivity index (χ2n) is 1.29. The SMILES string of the molecule is O=C=NC1COP(F)O1. The summed E-state index contributed by atoms with van der Waals surface area (Å²) in [5, 5.41) is 0. The van der Waals surface area contributed by atoms with Crippen molar-refractivity contribution < 1.29 is 18.0 Å². The average Bonchev–Trinajstić information content (AvgIpc) is 2.17. The first-order valence-electron chi connectivity index (χ1n) is 2.15. The molecule has 9 heavy (non-hydrogen) atoms. The van der Waals surface area contributed by atoms with Crippen molar-refractivity contribution in [2.24, 2.45) is 4.99 Å². The molecular formula is C3H3FNO3P. The molecule has 0 saturated carbocycles. The van der Waals surface area contributed by atoms with Crippen molar-refractivity contribution in [1.29, 1.82) is 0 Å². The normalized spacial score (nSPS) is 33.9. The fourth-order valence-corrected chi connectivity index (χ4v) is 1.00. The van der Waals surface area contributed by atoms with E-state index in [0.717, 1.165) is 0 Å². The molecule has 0 spiro atoms. The van der Waals surface area contributed by atoms with Crippen molar-refractivity contribution in [1.82, 2.24) is 0 Å². The van der Waals surface area contributed by atoms with Gasteiger partial charge < -0.3 is 4.52 Å². The van der Waals surface area contributed by atoms with Gasteiger partial charge in [0.2, 0.25) is 6.08 Å². The molecule has 0 aromatic heterocycles. The van der Waals surface area contributed by atoms with Gasteiger partial charge in [0.25, 0.3) is 0 Å². The van der Waals surface area contributed by atoms with Gasteiger partial charge in [0, 0.05) is 0 Å². The lowest BCUT2D eigenvalue weighted by molar-refractivity contribution is 0.248. The van der Waals surface area contributed by atoms with E-state index in [1.807, 2.05) is 0 Å². The largest absolute Gasteiger partial charge is 0.377 e.